The molecule has 0 amide bonds. The van der Waals surface area contributed by atoms with Gasteiger partial charge in [0.05, 0.1) is 21.6 Å². The number of nitrogens with zero attached hydrogens (tertiary/aromatic N) is 2. The van der Waals surface area contributed by atoms with E-state index < -0.39 is 37.0 Å². The van der Waals surface area contributed by atoms with E-state index in [1.165, 1.54) is 36.0 Å². The van der Waals surface area contributed by atoms with Crippen molar-refractivity contribution in [2.45, 2.75) is 68.6 Å². The molecule has 10 nitrogen and oxygen atoms in total. The van der Waals surface area contributed by atoms with Crippen LogP contribution in [-0.2, 0) is 35.9 Å². The lowest BCUT2D eigenvalue weighted by Crippen LogP contribution is -3.00. The van der Waals surface area contributed by atoms with Gasteiger partial charge in [-0.15, -0.1) is 11.8 Å². The van der Waals surface area contributed by atoms with Gasteiger partial charge in [0, 0.05) is 51.7 Å². The van der Waals surface area contributed by atoms with Crippen molar-refractivity contribution in [2.24, 2.45) is 0 Å². The summed E-state index contributed by atoms with van der Waals surface area (Å²) in [6, 6.07) is 9.17. The third-order valence-electron chi connectivity index (χ3n) is 8.35. The fourth-order valence-electron chi connectivity index (χ4n) is 6.04. The predicted octanol–water partition coefficient (Wildman–Crippen LogP) is 2.93. The Labute approximate surface area is 292 Å². The number of benzene rings is 2. The highest BCUT2D eigenvalue weighted by Crippen LogP contribution is 2.48. The molecule has 2 aliphatic rings. The van der Waals surface area contributed by atoms with Crippen LogP contribution in [0.2, 0.25) is 0 Å². The lowest BCUT2D eigenvalue weighted by Gasteiger charge is -2.26. The molecule has 0 aromatic heterocycles. The summed E-state index contributed by atoms with van der Waals surface area (Å²) in [5.74, 6) is -0.571. The highest BCUT2D eigenvalue weighted by atomic mass is 127. The second-order valence-electron chi connectivity index (χ2n) is 11.9. The Morgan fingerprint density at radius 2 is 1.52 bits per heavy atom. The van der Waals surface area contributed by atoms with Crippen LogP contribution in [0.25, 0.3) is 0 Å². The van der Waals surface area contributed by atoms with Crippen molar-refractivity contribution in [2.75, 3.05) is 23.7 Å². The Kier molecular flexibility index (Phi) is 11.5. The van der Waals surface area contributed by atoms with E-state index in [0.717, 1.165) is 38.8 Å². The molecule has 2 heterocycles. The number of likely N-dealkylation sites (N-methyl/N-ethyl adjacent to an activating group) is 1. The number of carbonyl (C=O) groups is 1. The first-order valence-corrected chi connectivity index (χ1v) is 18.3. The van der Waals surface area contributed by atoms with E-state index in [1.54, 1.807) is 12.1 Å². The van der Waals surface area contributed by atoms with Crippen LogP contribution in [0, 0.1) is 0 Å². The molecule has 2 aromatic carbocycles. The Bertz CT molecular complexity index is 1890. The Morgan fingerprint density at radius 1 is 0.935 bits per heavy atom. The second kappa shape index (κ2) is 13.9. The van der Waals surface area contributed by atoms with E-state index >= 15 is 0 Å². The first kappa shape index (κ1) is 38.0. The van der Waals surface area contributed by atoms with Crippen LogP contribution in [-0.4, -0.2) is 66.1 Å². The van der Waals surface area contributed by atoms with Crippen molar-refractivity contribution in [1.82, 2.24) is 0 Å². The van der Waals surface area contributed by atoms with E-state index in [9.17, 15) is 35.8 Å². The summed E-state index contributed by atoms with van der Waals surface area (Å²) in [6.07, 6.45) is 7.72. The number of hydrogen-bond donors (Lipinski definition) is 3. The zero-order valence-corrected chi connectivity index (χ0v) is 31.1. The fourth-order valence-corrected chi connectivity index (χ4v) is 7.90. The summed E-state index contributed by atoms with van der Waals surface area (Å²) in [7, 11) is -8.76. The van der Waals surface area contributed by atoms with Gasteiger partial charge in [0.15, 0.2) is 5.71 Å². The van der Waals surface area contributed by atoms with Gasteiger partial charge in [0.1, 0.15) is 6.54 Å². The van der Waals surface area contributed by atoms with Gasteiger partial charge in [0.25, 0.3) is 20.2 Å². The number of fused-ring (bicyclic) bond motifs is 2. The van der Waals surface area contributed by atoms with E-state index in [4.69, 9.17) is 0 Å². The monoisotopic (exact) mass is 802 g/mol. The molecule has 0 saturated carbocycles. The zero-order chi connectivity index (χ0) is 33.5. The van der Waals surface area contributed by atoms with E-state index in [1.807, 2.05) is 65.8 Å². The number of hydrogen-bond acceptors (Lipinski definition) is 7. The minimum Gasteiger partial charge on any atom is -1.00 e. The van der Waals surface area contributed by atoms with Crippen molar-refractivity contribution in [1.29, 1.82) is 0 Å². The number of allylic oxidation sites excluding steroid dienone is 5. The molecule has 46 heavy (non-hydrogen) atoms. The molecule has 14 heteroatoms. The van der Waals surface area contributed by atoms with Gasteiger partial charge in [0.2, 0.25) is 5.69 Å². The summed E-state index contributed by atoms with van der Waals surface area (Å²) in [4.78, 5) is 13.8. The average Bonchev–Trinajstić information content (AvgIpc) is 3.30. The Balaban J connectivity index is 0.00000576. The average molecular weight is 803 g/mol. The molecule has 0 fully saturated rings. The van der Waals surface area contributed by atoms with Crippen molar-refractivity contribution < 1.29 is 64.4 Å². The number of rotatable bonds is 11. The second-order valence-corrected chi connectivity index (χ2v) is 15.9. The van der Waals surface area contributed by atoms with Crippen LogP contribution >= 0.6 is 11.8 Å². The summed E-state index contributed by atoms with van der Waals surface area (Å²) in [5.41, 5.74) is 3.83. The first-order valence-electron chi connectivity index (χ1n) is 14.5. The van der Waals surface area contributed by atoms with Crippen LogP contribution in [0.5, 0.6) is 0 Å². The van der Waals surface area contributed by atoms with Crippen LogP contribution in [0.15, 0.2) is 81.1 Å². The molecule has 250 valence electrons. The Hall–Kier alpha value is -2.50. The predicted molar refractivity (Wildman–Crippen MR) is 177 cm³/mol. The maximum Gasteiger partial charge on any atom is 0.304 e. The number of thioether (sulfide) groups is 1. The van der Waals surface area contributed by atoms with Gasteiger partial charge >= 0.3 is 5.97 Å². The van der Waals surface area contributed by atoms with Crippen LogP contribution < -0.4 is 28.9 Å². The molecule has 4 rings (SSSR count). The summed E-state index contributed by atoms with van der Waals surface area (Å²) >= 11 is 1.39. The largest absolute Gasteiger partial charge is 1.00 e. The quantitative estimate of drug-likeness (QED) is 0.134. The molecule has 0 spiro atoms. The third-order valence-corrected chi connectivity index (χ3v) is 11.1. The molecule has 0 unspecified atom stereocenters. The highest BCUT2D eigenvalue weighted by Gasteiger charge is 2.44. The lowest BCUT2D eigenvalue weighted by molar-refractivity contribution is -0.433. The molecular formula is C32H39IN2O8S3. The molecule has 0 atom stereocenters. The van der Waals surface area contributed by atoms with Crippen molar-refractivity contribution >= 4 is 55.1 Å². The smallest absolute Gasteiger partial charge is 0.304 e. The van der Waals surface area contributed by atoms with Crippen molar-refractivity contribution in [3.63, 3.8) is 0 Å². The first-order chi connectivity index (χ1) is 20.8. The lowest BCUT2D eigenvalue weighted by atomic mass is 9.81. The summed E-state index contributed by atoms with van der Waals surface area (Å²) in [6.45, 7) is 13.1. The minimum absolute atomic E-state index is 0. The van der Waals surface area contributed by atoms with Gasteiger partial charge in [-0.3, -0.25) is 13.9 Å². The number of aliphatic carboxylic acids is 1. The highest BCUT2D eigenvalue weighted by molar-refractivity contribution is 8.03. The zero-order valence-electron chi connectivity index (χ0n) is 26.5. The molecule has 2 aliphatic heterocycles. The third kappa shape index (κ3) is 7.46. The summed E-state index contributed by atoms with van der Waals surface area (Å²) in [5, 5.41) is 9.26. The molecule has 0 saturated heterocycles. The van der Waals surface area contributed by atoms with Crippen LogP contribution in [0.4, 0.5) is 11.4 Å². The molecule has 0 radical (unpaired) electrons. The molecule has 2 aromatic rings. The minimum atomic E-state index is -4.38. The topological polar surface area (TPSA) is 152 Å². The fraction of sp³-hybridized carbons (Fsp3) is 0.375. The molecular weight excluding hydrogens is 763 g/mol. The molecule has 0 bridgehead atoms. The van der Waals surface area contributed by atoms with Gasteiger partial charge < -0.3 is 34.0 Å². The normalized spacial score (nSPS) is 18.2. The number of halogens is 1. The van der Waals surface area contributed by atoms with Gasteiger partial charge in [-0.25, -0.2) is 0 Å². The Morgan fingerprint density at radius 3 is 2.07 bits per heavy atom. The maximum atomic E-state index is 11.9. The maximum absolute atomic E-state index is 11.9. The van der Waals surface area contributed by atoms with E-state index in [2.05, 4.69) is 9.48 Å². The van der Waals surface area contributed by atoms with Crippen LogP contribution in [0.3, 0.4) is 0 Å². The van der Waals surface area contributed by atoms with Crippen LogP contribution in [0.1, 0.15) is 59.1 Å². The van der Waals surface area contributed by atoms with Crippen molar-refractivity contribution in [3.8, 4) is 0 Å². The standard InChI is InChI=1S/C32H38N2O8S3.HI/c1-7-33-26-13-11-22(44(37,38)39)19-24(26)31(3,4)28(33)15-9-21(43-18-17-30(35)36)10-16-29-32(5,6)25-20-23(45(40,41)42)12-14-27(25)34(29)8-2;/h9-16,19-20H,7-8,17-18H2,1-6H3,(H2-,35,36,37,38,39,40,41,42);1H. The number of anilines is 1. The van der Waals surface area contributed by atoms with Gasteiger partial charge in [-0.1, -0.05) is 13.8 Å². The number of carboxylic acid groups (broad SMARTS) is 1. The van der Waals surface area contributed by atoms with E-state index in [0.29, 0.717) is 18.8 Å². The van der Waals surface area contributed by atoms with Gasteiger partial charge in [-0.2, -0.15) is 21.4 Å². The molecule has 3 N–H and O–H groups in total. The molecule has 0 aliphatic carbocycles. The summed E-state index contributed by atoms with van der Waals surface area (Å²) < 4.78 is 68.8. The van der Waals surface area contributed by atoms with E-state index in [-0.39, 0.29) is 40.2 Å². The SMILES string of the molecule is CCN1\C(=C/C=C(/C=C/C2=[N+](CC)c3ccc(S(=O)(=O)O)cc3C2(C)C)SCCC(=O)O)C(C)(C)c2cc(S(=O)(=O)O)ccc21.[I-]. The van der Waals surface area contributed by atoms with Crippen molar-refractivity contribution in [3.05, 3.63) is 82.4 Å². The van der Waals surface area contributed by atoms with Gasteiger partial charge in [-0.05, 0) is 81.8 Å². The number of carboxylic acids is 1.